The molecule has 0 spiro atoms. The minimum absolute atomic E-state index is 0.0895. The van der Waals surface area contributed by atoms with Crippen molar-refractivity contribution in [2.24, 2.45) is 0 Å². The number of amides is 1. The van der Waals surface area contributed by atoms with Crippen LogP contribution >= 0.6 is 11.6 Å². The minimum atomic E-state index is -0.606. The van der Waals surface area contributed by atoms with E-state index in [1.807, 2.05) is 61.5 Å². The van der Waals surface area contributed by atoms with Crippen molar-refractivity contribution in [3.05, 3.63) is 60.2 Å². The monoisotopic (exact) mass is 303 g/mol. The Labute approximate surface area is 130 Å². The van der Waals surface area contributed by atoms with E-state index in [0.29, 0.717) is 5.75 Å². The van der Waals surface area contributed by atoms with Crippen LogP contribution in [0.4, 0.5) is 5.69 Å². The molecule has 1 unspecified atom stereocenters. The maximum atomic E-state index is 12.5. The van der Waals surface area contributed by atoms with Gasteiger partial charge in [0.1, 0.15) is 11.8 Å². The lowest BCUT2D eigenvalue weighted by Crippen LogP contribution is -2.40. The second kappa shape index (κ2) is 7.14. The third kappa shape index (κ3) is 3.76. The smallest absolute Gasteiger partial charge is 0.268 e. The van der Waals surface area contributed by atoms with Crippen LogP contribution in [0.3, 0.4) is 0 Å². The van der Waals surface area contributed by atoms with Crippen molar-refractivity contribution in [3.63, 3.8) is 0 Å². The van der Waals surface area contributed by atoms with E-state index in [2.05, 4.69) is 0 Å². The molecule has 0 N–H and O–H groups in total. The summed E-state index contributed by atoms with van der Waals surface area (Å²) in [5, 5.41) is 0. The summed E-state index contributed by atoms with van der Waals surface area (Å²) in [5.41, 5.74) is 1.81. The number of ether oxygens (including phenoxy) is 1. The summed E-state index contributed by atoms with van der Waals surface area (Å²) in [6.07, 6.45) is -0.606. The highest BCUT2D eigenvalue weighted by Gasteiger charge is 2.23. The predicted molar refractivity (Wildman–Crippen MR) is 85.9 cm³/mol. The number of halogens is 1. The first-order chi connectivity index (χ1) is 10.1. The van der Waals surface area contributed by atoms with Crippen LogP contribution in [0, 0.1) is 6.92 Å². The number of rotatable bonds is 5. The van der Waals surface area contributed by atoms with Crippen molar-refractivity contribution in [1.82, 2.24) is 0 Å². The number of aryl methyl sites for hydroxylation is 1. The first-order valence-electron chi connectivity index (χ1n) is 6.78. The molecular formula is C17H18ClNO2. The van der Waals surface area contributed by atoms with Crippen LogP contribution in [-0.4, -0.2) is 18.0 Å². The van der Waals surface area contributed by atoms with Gasteiger partial charge in [0, 0.05) is 5.69 Å². The van der Waals surface area contributed by atoms with Crippen molar-refractivity contribution in [2.75, 3.05) is 10.9 Å². The fourth-order valence-corrected chi connectivity index (χ4v) is 2.33. The zero-order chi connectivity index (χ0) is 15.2. The summed E-state index contributed by atoms with van der Waals surface area (Å²) in [7, 11) is 0. The molecule has 4 heteroatoms. The average Bonchev–Trinajstić information content (AvgIpc) is 2.50. The van der Waals surface area contributed by atoms with Gasteiger partial charge in [0.2, 0.25) is 0 Å². The molecule has 3 nitrogen and oxygen atoms in total. The van der Waals surface area contributed by atoms with Crippen molar-refractivity contribution < 1.29 is 9.53 Å². The summed E-state index contributed by atoms with van der Waals surface area (Å²) in [4.78, 5) is 14.1. The Bertz CT molecular complexity index is 601. The normalized spacial score (nSPS) is 11.8. The summed E-state index contributed by atoms with van der Waals surface area (Å²) in [6, 6.07) is 17.0. The number of hydrogen-bond acceptors (Lipinski definition) is 2. The molecule has 0 saturated heterocycles. The Balaban J connectivity index is 2.15. The van der Waals surface area contributed by atoms with Crippen LogP contribution in [0.15, 0.2) is 54.6 Å². The van der Waals surface area contributed by atoms with E-state index in [4.69, 9.17) is 16.3 Å². The Morgan fingerprint density at radius 3 is 2.38 bits per heavy atom. The lowest BCUT2D eigenvalue weighted by Gasteiger charge is -2.25. The number of alkyl halides is 1. The highest BCUT2D eigenvalue weighted by Crippen LogP contribution is 2.22. The van der Waals surface area contributed by atoms with Crippen LogP contribution in [0.5, 0.6) is 5.75 Å². The van der Waals surface area contributed by atoms with E-state index >= 15 is 0 Å². The molecule has 2 aromatic rings. The summed E-state index contributed by atoms with van der Waals surface area (Å²) < 4.78 is 5.67. The van der Waals surface area contributed by atoms with Gasteiger partial charge in [-0.1, -0.05) is 36.4 Å². The third-order valence-electron chi connectivity index (χ3n) is 3.20. The molecule has 110 valence electrons. The molecule has 21 heavy (non-hydrogen) atoms. The molecule has 0 aliphatic carbocycles. The molecule has 0 aliphatic heterocycles. The maximum Gasteiger partial charge on any atom is 0.268 e. The van der Waals surface area contributed by atoms with Gasteiger partial charge in [-0.2, -0.15) is 0 Å². The van der Waals surface area contributed by atoms with E-state index in [1.165, 1.54) is 4.90 Å². The summed E-state index contributed by atoms with van der Waals surface area (Å²) in [6.45, 7) is 3.68. The number of benzene rings is 2. The molecule has 0 aliphatic rings. The number of anilines is 1. The lowest BCUT2D eigenvalue weighted by molar-refractivity contribution is -0.124. The van der Waals surface area contributed by atoms with Gasteiger partial charge in [-0.3, -0.25) is 9.69 Å². The van der Waals surface area contributed by atoms with Gasteiger partial charge in [0.25, 0.3) is 5.91 Å². The predicted octanol–water partition coefficient (Wildman–Crippen LogP) is 3.99. The van der Waals surface area contributed by atoms with Crippen molar-refractivity contribution in [2.45, 2.75) is 20.0 Å². The largest absolute Gasteiger partial charge is 0.481 e. The van der Waals surface area contributed by atoms with Crippen molar-refractivity contribution in [3.8, 4) is 5.75 Å². The van der Waals surface area contributed by atoms with Gasteiger partial charge in [-0.25, -0.2) is 0 Å². The lowest BCUT2D eigenvalue weighted by atomic mass is 10.2. The van der Waals surface area contributed by atoms with Gasteiger partial charge >= 0.3 is 0 Å². The van der Waals surface area contributed by atoms with E-state index in [9.17, 15) is 4.79 Å². The van der Waals surface area contributed by atoms with E-state index in [1.54, 1.807) is 6.92 Å². The quantitative estimate of drug-likeness (QED) is 0.617. The zero-order valence-corrected chi connectivity index (χ0v) is 12.9. The Kier molecular flexibility index (Phi) is 5.23. The van der Waals surface area contributed by atoms with Crippen LogP contribution in [-0.2, 0) is 4.79 Å². The highest BCUT2D eigenvalue weighted by atomic mass is 35.5. The Hall–Kier alpha value is -2.00. The standard InChI is InChI=1S/C17H18ClNO2/c1-13-8-6-7-11-16(13)19(12-18)17(20)14(2)21-15-9-4-3-5-10-15/h3-11,14H,12H2,1-2H3. The van der Waals surface area contributed by atoms with Gasteiger partial charge in [-0.05, 0) is 37.6 Å². The SMILES string of the molecule is Cc1ccccc1N(CCl)C(=O)C(C)Oc1ccccc1. The second-order valence-corrected chi connectivity index (χ2v) is 4.98. The molecule has 2 aromatic carbocycles. The number of hydrogen-bond donors (Lipinski definition) is 0. The third-order valence-corrected chi connectivity index (χ3v) is 3.43. The van der Waals surface area contributed by atoms with Gasteiger partial charge in [0.05, 0.1) is 0 Å². The molecule has 0 heterocycles. The maximum absolute atomic E-state index is 12.5. The Morgan fingerprint density at radius 2 is 1.76 bits per heavy atom. The molecule has 0 radical (unpaired) electrons. The number of carbonyl (C=O) groups is 1. The first-order valence-corrected chi connectivity index (χ1v) is 7.31. The molecule has 2 rings (SSSR count). The average molecular weight is 304 g/mol. The van der Waals surface area contributed by atoms with Gasteiger partial charge in [0.15, 0.2) is 6.10 Å². The Morgan fingerprint density at radius 1 is 1.14 bits per heavy atom. The highest BCUT2D eigenvalue weighted by molar-refractivity contribution is 6.21. The minimum Gasteiger partial charge on any atom is -0.481 e. The molecular weight excluding hydrogens is 286 g/mol. The second-order valence-electron chi connectivity index (χ2n) is 4.75. The van der Waals surface area contributed by atoms with E-state index in [-0.39, 0.29) is 11.9 Å². The van der Waals surface area contributed by atoms with E-state index in [0.717, 1.165) is 11.3 Å². The molecule has 1 atom stereocenters. The topological polar surface area (TPSA) is 29.5 Å². The van der Waals surface area contributed by atoms with Crippen LogP contribution < -0.4 is 9.64 Å². The van der Waals surface area contributed by atoms with Crippen molar-refractivity contribution in [1.29, 1.82) is 0 Å². The fraction of sp³-hybridized carbons (Fsp3) is 0.235. The van der Waals surface area contributed by atoms with Crippen LogP contribution in [0.2, 0.25) is 0 Å². The first kappa shape index (κ1) is 15.4. The van der Waals surface area contributed by atoms with Crippen molar-refractivity contribution >= 4 is 23.2 Å². The molecule has 0 aromatic heterocycles. The van der Waals surface area contributed by atoms with Crippen LogP contribution in [0.25, 0.3) is 0 Å². The number of carbonyl (C=O) groups excluding carboxylic acids is 1. The molecule has 1 amide bonds. The van der Waals surface area contributed by atoms with E-state index < -0.39 is 6.10 Å². The number of nitrogens with zero attached hydrogens (tertiary/aromatic N) is 1. The fourth-order valence-electron chi connectivity index (χ4n) is 2.08. The summed E-state index contributed by atoms with van der Waals surface area (Å²) >= 11 is 5.97. The number of para-hydroxylation sites is 2. The van der Waals surface area contributed by atoms with Gasteiger partial charge in [-0.15, -0.1) is 11.6 Å². The van der Waals surface area contributed by atoms with Gasteiger partial charge < -0.3 is 4.74 Å². The molecule has 0 fully saturated rings. The summed E-state index contributed by atoms with van der Waals surface area (Å²) in [5.74, 6) is 0.501. The van der Waals surface area contributed by atoms with Crippen LogP contribution in [0.1, 0.15) is 12.5 Å². The zero-order valence-electron chi connectivity index (χ0n) is 12.1. The molecule has 0 saturated carbocycles. The molecule has 0 bridgehead atoms.